The SMILES string of the molecule is Cc1cc(C(C)O)c(F)cc1F. The first-order valence-corrected chi connectivity index (χ1v) is 3.66. The van der Waals surface area contributed by atoms with Gasteiger partial charge in [-0.05, 0) is 25.5 Å². The minimum absolute atomic E-state index is 0.133. The van der Waals surface area contributed by atoms with Crippen LogP contribution in [0.25, 0.3) is 0 Å². The molecule has 0 saturated carbocycles. The molecule has 0 fully saturated rings. The van der Waals surface area contributed by atoms with Gasteiger partial charge in [-0.3, -0.25) is 0 Å². The predicted molar refractivity (Wildman–Crippen MR) is 41.7 cm³/mol. The molecule has 1 N–H and O–H groups in total. The Hall–Kier alpha value is -0.960. The molecular formula is C9H10F2O. The summed E-state index contributed by atoms with van der Waals surface area (Å²) in [6.45, 7) is 2.97. The Balaban J connectivity index is 3.23. The molecule has 66 valence electrons. The van der Waals surface area contributed by atoms with Gasteiger partial charge in [-0.2, -0.15) is 0 Å². The Morgan fingerprint density at radius 2 is 1.83 bits per heavy atom. The van der Waals surface area contributed by atoms with Crippen molar-refractivity contribution in [2.75, 3.05) is 0 Å². The Bertz CT molecular complexity index is 295. The van der Waals surface area contributed by atoms with Crippen LogP contribution in [0.4, 0.5) is 8.78 Å². The third-order valence-electron chi connectivity index (χ3n) is 1.73. The van der Waals surface area contributed by atoms with Crippen molar-refractivity contribution in [2.24, 2.45) is 0 Å². The zero-order valence-electron chi connectivity index (χ0n) is 6.94. The van der Waals surface area contributed by atoms with Gasteiger partial charge in [0.25, 0.3) is 0 Å². The van der Waals surface area contributed by atoms with Crippen molar-refractivity contribution in [2.45, 2.75) is 20.0 Å². The van der Waals surface area contributed by atoms with E-state index in [1.54, 1.807) is 0 Å². The molecule has 0 aromatic heterocycles. The Morgan fingerprint density at radius 1 is 1.25 bits per heavy atom. The number of aliphatic hydroxyl groups excluding tert-OH is 1. The van der Waals surface area contributed by atoms with E-state index in [1.165, 1.54) is 19.9 Å². The van der Waals surface area contributed by atoms with E-state index in [0.29, 0.717) is 5.56 Å². The lowest BCUT2D eigenvalue weighted by atomic mass is 10.1. The molecule has 0 saturated heterocycles. The highest BCUT2D eigenvalue weighted by atomic mass is 19.1. The van der Waals surface area contributed by atoms with Crippen LogP contribution in [0.3, 0.4) is 0 Å². The molecule has 3 heteroatoms. The minimum Gasteiger partial charge on any atom is -0.389 e. The number of aryl methyl sites for hydroxylation is 1. The van der Waals surface area contributed by atoms with Crippen molar-refractivity contribution in [3.05, 3.63) is 34.9 Å². The van der Waals surface area contributed by atoms with Crippen molar-refractivity contribution in [1.29, 1.82) is 0 Å². The van der Waals surface area contributed by atoms with Gasteiger partial charge >= 0.3 is 0 Å². The lowest BCUT2D eigenvalue weighted by molar-refractivity contribution is 0.194. The standard InChI is InChI=1S/C9H10F2O/c1-5-3-7(6(2)12)9(11)4-8(5)10/h3-4,6,12H,1-2H3. The Morgan fingerprint density at radius 3 is 2.33 bits per heavy atom. The van der Waals surface area contributed by atoms with Gasteiger partial charge in [0.1, 0.15) is 11.6 Å². The van der Waals surface area contributed by atoms with E-state index in [2.05, 4.69) is 0 Å². The fraction of sp³-hybridized carbons (Fsp3) is 0.333. The molecule has 0 bridgehead atoms. The van der Waals surface area contributed by atoms with Crippen LogP contribution in [-0.4, -0.2) is 5.11 Å². The van der Waals surface area contributed by atoms with Crippen molar-refractivity contribution in [3.8, 4) is 0 Å². The van der Waals surface area contributed by atoms with Crippen LogP contribution in [-0.2, 0) is 0 Å². The number of hydrogen-bond acceptors (Lipinski definition) is 1. The average Bonchev–Trinajstić information content (AvgIpc) is 1.96. The van der Waals surface area contributed by atoms with Crippen LogP contribution in [0.15, 0.2) is 12.1 Å². The Kier molecular flexibility index (Phi) is 2.43. The zero-order chi connectivity index (χ0) is 9.30. The molecule has 0 aliphatic carbocycles. The molecule has 0 spiro atoms. The summed E-state index contributed by atoms with van der Waals surface area (Å²) in [4.78, 5) is 0. The maximum Gasteiger partial charge on any atom is 0.131 e. The molecule has 1 nitrogen and oxygen atoms in total. The number of aliphatic hydroxyl groups is 1. The van der Waals surface area contributed by atoms with Gasteiger partial charge in [0.05, 0.1) is 6.10 Å². The fourth-order valence-corrected chi connectivity index (χ4v) is 1.000. The van der Waals surface area contributed by atoms with Gasteiger partial charge in [0, 0.05) is 11.6 Å². The molecule has 0 heterocycles. The summed E-state index contributed by atoms with van der Waals surface area (Å²) < 4.78 is 25.6. The quantitative estimate of drug-likeness (QED) is 0.689. The first kappa shape index (κ1) is 9.13. The van der Waals surface area contributed by atoms with Crippen molar-refractivity contribution in [1.82, 2.24) is 0 Å². The van der Waals surface area contributed by atoms with Crippen molar-refractivity contribution < 1.29 is 13.9 Å². The maximum atomic E-state index is 12.9. The van der Waals surface area contributed by atoms with E-state index in [-0.39, 0.29) is 5.56 Å². The predicted octanol–water partition coefficient (Wildman–Crippen LogP) is 2.33. The highest BCUT2D eigenvalue weighted by Crippen LogP contribution is 2.19. The van der Waals surface area contributed by atoms with Crippen LogP contribution < -0.4 is 0 Å². The molecular weight excluding hydrogens is 162 g/mol. The first-order valence-electron chi connectivity index (χ1n) is 3.66. The molecule has 1 unspecified atom stereocenters. The third-order valence-corrected chi connectivity index (χ3v) is 1.73. The topological polar surface area (TPSA) is 20.2 Å². The summed E-state index contributed by atoms with van der Waals surface area (Å²) >= 11 is 0. The maximum absolute atomic E-state index is 12.9. The van der Waals surface area contributed by atoms with E-state index in [9.17, 15) is 8.78 Å². The lowest BCUT2D eigenvalue weighted by Gasteiger charge is -2.07. The summed E-state index contributed by atoms with van der Waals surface area (Å²) in [5.41, 5.74) is 0.473. The second-order valence-corrected chi connectivity index (χ2v) is 2.80. The number of benzene rings is 1. The summed E-state index contributed by atoms with van der Waals surface area (Å²) in [6, 6.07) is 2.10. The minimum atomic E-state index is -0.899. The van der Waals surface area contributed by atoms with Gasteiger partial charge in [0.15, 0.2) is 0 Å². The van der Waals surface area contributed by atoms with Crippen molar-refractivity contribution in [3.63, 3.8) is 0 Å². The molecule has 1 aromatic rings. The molecule has 1 atom stereocenters. The molecule has 1 aromatic carbocycles. The van der Waals surface area contributed by atoms with Gasteiger partial charge in [-0.1, -0.05) is 0 Å². The first-order chi connectivity index (χ1) is 5.52. The largest absolute Gasteiger partial charge is 0.389 e. The second kappa shape index (κ2) is 3.19. The van der Waals surface area contributed by atoms with Gasteiger partial charge in [0.2, 0.25) is 0 Å². The normalized spacial score (nSPS) is 13.1. The van der Waals surface area contributed by atoms with Crippen LogP contribution in [0.5, 0.6) is 0 Å². The number of hydrogen-bond donors (Lipinski definition) is 1. The highest BCUT2D eigenvalue weighted by molar-refractivity contribution is 5.26. The van der Waals surface area contributed by atoms with Gasteiger partial charge in [-0.25, -0.2) is 8.78 Å². The third kappa shape index (κ3) is 1.61. The summed E-state index contributed by atoms with van der Waals surface area (Å²) in [7, 11) is 0. The van der Waals surface area contributed by atoms with Gasteiger partial charge < -0.3 is 5.11 Å². The second-order valence-electron chi connectivity index (χ2n) is 2.80. The van der Waals surface area contributed by atoms with Crippen molar-refractivity contribution >= 4 is 0 Å². The van der Waals surface area contributed by atoms with E-state index in [4.69, 9.17) is 5.11 Å². The highest BCUT2D eigenvalue weighted by Gasteiger charge is 2.10. The zero-order valence-corrected chi connectivity index (χ0v) is 6.94. The van der Waals surface area contributed by atoms with E-state index in [1.807, 2.05) is 0 Å². The lowest BCUT2D eigenvalue weighted by Crippen LogP contribution is -1.98. The van der Waals surface area contributed by atoms with E-state index < -0.39 is 17.7 Å². The van der Waals surface area contributed by atoms with Crippen LogP contribution in [0.1, 0.15) is 24.2 Å². The Labute approximate surface area is 69.7 Å². The van der Waals surface area contributed by atoms with Crippen LogP contribution in [0, 0.1) is 18.6 Å². The van der Waals surface area contributed by atoms with Crippen LogP contribution >= 0.6 is 0 Å². The molecule has 0 aliphatic rings. The summed E-state index contributed by atoms with van der Waals surface area (Å²) in [5, 5.41) is 9.06. The summed E-state index contributed by atoms with van der Waals surface area (Å²) in [6.07, 6.45) is -0.899. The monoisotopic (exact) mass is 172 g/mol. The molecule has 0 aliphatic heterocycles. The van der Waals surface area contributed by atoms with E-state index in [0.717, 1.165) is 6.07 Å². The van der Waals surface area contributed by atoms with Crippen LogP contribution in [0.2, 0.25) is 0 Å². The molecule has 12 heavy (non-hydrogen) atoms. The van der Waals surface area contributed by atoms with E-state index >= 15 is 0 Å². The summed E-state index contributed by atoms with van der Waals surface area (Å²) in [5.74, 6) is -1.29. The fourth-order valence-electron chi connectivity index (χ4n) is 1.000. The molecule has 0 radical (unpaired) electrons. The smallest absolute Gasteiger partial charge is 0.131 e. The number of rotatable bonds is 1. The molecule has 0 amide bonds. The van der Waals surface area contributed by atoms with Gasteiger partial charge in [-0.15, -0.1) is 0 Å². The molecule has 1 rings (SSSR count). The average molecular weight is 172 g/mol. The number of halogens is 2.